The Labute approximate surface area is 176 Å². The molecule has 0 atom stereocenters. The Morgan fingerprint density at radius 3 is 2.37 bits per heavy atom. The summed E-state index contributed by atoms with van der Waals surface area (Å²) in [6, 6.07) is 8.88. The predicted octanol–water partition coefficient (Wildman–Crippen LogP) is 5.31. The number of benzene rings is 2. The number of carbonyl (C=O) groups is 2. The highest BCUT2D eigenvalue weighted by molar-refractivity contribution is 6.42. The number of hydrogen-bond donors (Lipinski definition) is 3. The van der Waals surface area contributed by atoms with Gasteiger partial charge in [-0.1, -0.05) is 46.4 Å². The van der Waals surface area contributed by atoms with E-state index in [1.165, 1.54) is 6.07 Å². The predicted molar refractivity (Wildman–Crippen MR) is 108 cm³/mol. The minimum atomic E-state index is -0.620. The number of rotatable bonds is 6. The van der Waals surface area contributed by atoms with Crippen LogP contribution < -0.4 is 20.9 Å². The van der Waals surface area contributed by atoms with Crippen LogP contribution in [0, 0.1) is 0 Å². The zero-order valence-corrected chi connectivity index (χ0v) is 16.8. The lowest BCUT2D eigenvalue weighted by molar-refractivity contribution is -0.122. The molecule has 0 aliphatic heterocycles. The molecule has 0 spiro atoms. The highest BCUT2D eigenvalue weighted by Gasteiger charge is 2.07. The second-order valence-corrected chi connectivity index (χ2v) is 6.94. The molecule has 0 unspecified atom stereocenters. The lowest BCUT2D eigenvalue weighted by atomic mass is 10.3. The van der Waals surface area contributed by atoms with E-state index in [-0.39, 0.29) is 18.9 Å². The third kappa shape index (κ3) is 7.34. The molecule has 0 heterocycles. The van der Waals surface area contributed by atoms with Crippen molar-refractivity contribution in [2.75, 3.05) is 11.9 Å². The van der Waals surface area contributed by atoms with Crippen molar-refractivity contribution in [3.05, 3.63) is 56.5 Å². The van der Waals surface area contributed by atoms with Crippen LogP contribution in [0.3, 0.4) is 0 Å². The first kappa shape index (κ1) is 21.4. The molecule has 0 bridgehead atoms. The lowest BCUT2D eigenvalue weighted by Gasteiger charge is -2.10. The van der Waals surface area contributed by atoms with Gasteiger partial charge < -0.3 is 10.1 Å². The summed E-state index contributed by atoms with van der Waals surface area (Å²) in [5.74, 6) is 0.116. The van der Waals surface area contributed by atoms with Crippen LogP contribution in [-0.2, 0) is 4.79 Å². The first-order valence-electron chi connectivity index (χ1n) is 7.74. The Balaban J connectivity index is 1.65. The normalized spacial score (nSPS) is 10.2. The zero-order chi connectivity index (χ0) is 19.8. The number of hydrazine groups is 1. The number of nitrogens with one attached hydrogen (secondary N) is 3. The third-order valence-corrected chi connectivity index (χ3v) is 4.46. The van der Waals surface area contributed by atoms with Crippen LogP contribution in [0.1, 0.15) is 12.8 Å². The molecule has 0 aliphatic rings. The number of hydrogen-bond acceptors (Lipinski definition) is 3. The van der Waals surface area contributed by atoms with E-state index in [4.69, 9.17) is 51.1 Å². The number of carbonyl (C=O) groups excluding carboxylic acids is 2. The number of amides is 3. The van der Waals surface area contributed by atoms with E-state index in [1.54, 1.807) is 30.3 Å². The molecule has 0 radical (unpaired) electrons. The average Bonchev–Trinajstić information content (AvgIpc) is 2.61. The molecule has 2 aromatic carbocycles. The zero-order valence-electron chi connectivity index (χ0n) is 13.8. The molecule has 27 heavy (non-hydrogen) atoms. The smallest absolute Gasteiger partial charge is 0.337 e. The minimum absolute atomic E-state index is 0.151. The molecule has 0 saturated heterocycles. The van der Waals surface area contributed by atoms with E-state index in [2.05, 4.69) is 16.2 Å². The molecule has 3 amide bonds. The largest absolute Gasteiger partial charge is 0.492 e. The summed E-state index contributed by atoms with van der Waals surface area (Å²) in [7, 11) is 0. The summed E-state index contributed by atoms with van der Waals surface area (Å²) in [4.78, 5) is 23.5. The third-order valence-electron chi connectivity index (χ3n) is 3.19. The topological polar surface area (TPSA) is 79.5 Å². The fourth-order valence-electron chi connectivity index (χ4n) is 1.93. The summed E-state index contributed by atoms with van der Waals surface area (Å²) in [6.07, 6.45) is 0.582. The molecule has 2 rings (SSSR count). The highest BCUT2D eigenvalue weighted by Crippen LogP contribution is 2.27. The number of ether oxygens (including phenoxy) is 1. The quantitative estimate of drug-likeness (QED) is 0.412. The molecule has 144 valence electrons. The van der Waals surface area contributed by atoms with Gasteiger partial charge in [-0.15, -0.1) is 0 Å². The Morgan fingerprint density at radius 1 is 0.889 bits per heavy atom. The fourth-order valence-corrected chi connectivity index (χ4v) is 2.69. The van der Waals surface area contributed by atoms with Crippen molar-refractivity contribution in [3.63, 3.8) is 0 Å². The fraction of sp³-hybridized carbons (Fsp3) is 0.176. The van der Waals surface area contributed by atoms with Crippen molar-refractivity contribution in [2.24, 2.45) is 0 Å². The van der Waals surface area contributed by atoms with E-state index in [1.807, 2.05) is 0 Å². The Kier molecular flexibility index (Phi) is 8.31. The van der Waals surface area contributed by atoms with E-state index in [0.29, 0.717) is 37.9 Å². The van der Waals surface area contributed by atoms with Gasteiger partial charge >= 0.3 is 6.03 Å². The minimum Gasteiger partial charge on any atom is -0.492 e. The van der Waals surface area contributed by atoms with Gasteiger partial charge in [0.15, 0.2) is 0 Å². The Bertz CT molecular complexity index is 833. The summed E-state index contributed by atoms with van der Waals surface area (Å²) < 4.78 is 5.47. The van der Waals surface area contributed by atoms with Gasteiger partial charge in [0.2, 0.25) is 5.91 Å². The van der Waals surface area contributed by atoms with Gasteiger partial charge in [-0.3, -0.25) is 10.2 Å². The van der Waals surface area contributed by atoms with Crippen molar-refractivity contribution in [1.29, 1.82) is 0 Å². The van der Waals surface area contributed by atoms with Crippen LogP contribution in [0.4, 0.5) is 10.5 Å². The van der Waals surface area contributed by atoms with Gasteiger partial charge in [0, 0.05) is 17.1 Å². The van der Waals surface area contributed by atoms with Crippen LogP contribution in [0.2, 0.25) is 20.1 Å². The molecular formula is C17H15Cl4N3O3. The average molecular weight is 451 g/mol. The van der Waals surface area contributed by atoms with Gasteiger partial charge in [0.05, 0.1) is 21.7 Å². The van der Waals surface area contributed by atoms with Gasteiger partial charge in [-0.25, -0.2) is 10.2 Å². The van der Waals surface area contributed by atoms with Crippen LogP contribution in [-0.4, -0.2) is 18.5 Å². The molecule has 0 saturated carbocycles. The van der Waals surface area contributed by atoms with Crippen LogP contribution >= 0.6 is 46.4 Å². The van der Waals surface area contributed by atoms with Crippen LogP contribution in [0.5, 0.6) is 5.75 Å². The van der Waals surface area contributed by atoms with Crippen LogP contribution in [0.15, 0.2) is 36.4 Å². The van der Waals surface area contributed by atoms with Crippen molar-refractivity contribution in [3.8, 4) is 5.75 Å². The number of anilines is 1. The summed E-state index contributed by atoms with van der Waals surface area (Å²) in [6.45, 7) is 0.282. The molecule has 10 heteroatoms. The first-order valence-corrected chi connectivity index (χ1v) is 9.25. The Morgan fingerprint density at radius 2 is 1.67 bits per heavy atom. The molecule has 0 aliphatic carbocycles. The molecule has 2 aromatic rings. The van der Waals surface area contributed by atoms with E-state index < -0.39 is 6.03 Å². The van der Waals surface area contributed by atoms with Gasteiger partial charge in [-0.2, -0.15) is 0 Å². The molecule has 0 aromatic heterocycles. The molecule has 3 N–H and O–H groups in total. The standard InChI is InChI=1S/C17H15Cl4N3O3/c18-10-3-6-15(14(21)8-10)27-7-1-2-16(25)23-24-17(26)22-11-4-5-12(19)13(20)9-11/h3-6,8-9H,1-2,7H2,(H,23,25)(H2,22,24,26). The lowest BCUT2D eigenvalue weighted by Crippen LogP contribution is -2.43. The first-order chi connectivity index (χ1) is 12.8. The number of halogens is 4. The maximum atomic E-state index is 11.7. The second-order valence-electron chi connectivity index (χ2n) is 5.28. The van der Waals surface area contributed by atoms with Gasteiger partial charge in [-0.05, 0) is 42.8 Å². The van der Waals surface area contributed by atoms with E-state index >= 15 is 0 Å². The SMILES string of the molecule is O=C(CCCOc1ccc(Cl)cc1Cl)NNC(=O)Nc1ccc(Cl)c(Cl)c1. The van der Waals surface area contributed by atoms with Gasteiger partial charge in [0.1, 0.15) is 5.75 Å². The van der Waals surface area contributed by atoms with Crippen molar-refractivity contribution >= 4 is 64.0 Å². The van der Waals surface area contributed by atoms with Crippen molar-refractivity contribution < 1.29 is 14.3 Å². The molecular weight excluding hydrogens is 436 g/mol. The summed E-state index contributed by atoms with van der Waals surface area (Å²) >= 11 is 23.4. The number of urea groups is 1. The maximum Gasteiger partial charge on any atom is 0.337 e. The monoisotopic (exact) mass is 449 g/mol. The van der Waals surface area contributed by atoms with Crippen molar-refractivity contribution in [1.82, 2.24) is 10.9 Å². The summed E-state index contributed by atoms with van der Waals surface area (Å²) in [5, 5.41) is 4.09. The van der Waals surface area contributed by atoms with E-state index in [0.717, 1.165) is 0 Å². The maximum absolute atomic E-state index is 11.7. The Hall–Kier alpha value is -1.86. The molecule has 0 fully saturated rings. The summed E-state index contributed by atoms with van der Waals surface area (Å²) in [5.41, 5.74) is 4.96. The van der Waals surface area contributed by atoms with Crippen molar-refractivity contribution in [2.45, 2.75) is 12.8 Å². The van der Waals surface area contributed by atoms with Gasteiger partial charge in [0.25, 0.3) is 0 Å². The highest BCUT2D eigenvalue weighted by atomic mass is 35.5. The van der Waals surface area contributed by atoms with E-state index in [9.17, 15) is 9.59 Å². The van der Waals surface area contributed by atoms with Crippen LogP contribution in [0.25, 0.3) is 0 Å². The second kappa shape index (κ2) is 10.5. The molecule has 6 nitrogen and oxygen atoms in total.